The van der Waals surface area contributed by atoms with E-state index in [1.54, 1.807) is 6.07 Å². The Kier molecular flexibility index (Phi) is 14.0. The normalized spacial score (nSPS) is 22.2. The second kappa shape index (κ2) is 19.9. The molecule has 2 amide bonds. The second-order valence-electron chi connectivity index (χ2n) is 22.3. The number of likely N-dealkylation sites (tertiary alicyclic amines) is 2. The first kappa shape index (κ1) is 50.0. The highest BCUT2D eigenvalue weighted by Gasteiger charge is 2.55. The van der Waals surface area contributed by atoms with Crippen molar-refractivity contribution in [2.24, 2.45) is 33.5 Å². The number of H-pyrrole nitrogens is 1. The summed E-state index contributed by atoms with van der Waals surface area (Å²) in [7, 11) is 1.53. The van der Waals surface area contributed by atoms with Crippen molar-refractivity contribution >= 4 is 35.0 Å². The number of hydrogen-bond donors (Lipinski definition) is 1. The van der Waals surface area contributed by atoms with Crippen LogP contribution in [0.25, 0.3) is 45.6 Å². The Balaban J connectivity index is 0.000000176. The SMILES string of the molecule is CC(C)(C)C1CCC2(CC1)CN(Cc1ccc(Cl)c(-c3nc(-c4ccccc4)nc(=O)[nH]3)c1)C2=O.COc1nc(-c2ccccc2)nc(-c2cc(CN3CC4(CCC(C(C)(C)C)CC4)C3=O)ccc2Cl)n1. The predicted molar refractivity (Wildman–Crippen MR) is 279 cm³/mol. The van der Waals surface area contributed by atoms with Gasteiger partial charge in [-0.25, -0.2) is 14.8 Å². The molecular formula is C57H64Cl2N8O4. The van der Waals surface area contributed by atoms with Crippen molar-refractivity contribution in [1.82, 2.24) is 39.7 Å². The van der Waals surface area contributed by atoms with E-state index in [2.05, 4.69) is 71.4 Å². The molecule has 2 saturated carbocycles. The first-order chi connectivity index (χ1) is 33.8. The van der Waals surface area contributed by atoms with Gasteiger partial charge in [-0.15, -0.1) is 0 Å². The summed E-state index contributed by atoms with van der Waals surface area (Å²) in [6.07, 6.45) is 8.50. The highest BCUT2D eigenvalue weighted by Crippen LogP contribution is 2.52. The van der Waals surface area contributed by atoms with Gasteiger partial charge in [-0.1, -0.05) is 138 Å². The fourth-order valence-corrected chi connectivity index (χ4v) is 11.6. The highest BCUT2D eigenvalue weighted by molar-refractivity contribution is 6.33. The number of aromatic nitrogens is 6. The third-order valence-electron chi connectivity index (χ3n) is 15.6. The van der Waals surface area contributed by atoms with Crippen LogP contribution in [0.1, 0.15) is 104 Å². The minimum atomic E-state index is -0.485. The van der Waals surface area contributed by atoms with Crippen LogP contribution in [-0.4, -0.2) is 71.7 Å². The van der Waals surface area contributed by atoms with Crippen molar-refractivity contribution in [3.05, 3.63) is 129 Å². The number of nitrogens with zero attached hydrogens (tertiary/aromatic N) is 7. The first-order valence-corrected chi connectivity index (χ1v) is 25.6. The number of amides is 2. The van der Waals surface area contributed by atoms with Gasteiger partial charge in [-0.3, -0.25) is 14.6 Å². The molecule has 4 heterocycles. The Hall–Kier alpha value is -5.98. The summed E-state index contributed by atoms with van der Waals surface area (Å²) < 4.78 is 5.35. The molecule has 4 aromatic carbocycles. The fraction of sp³-hybridized carbons (Fsp3) is 0.439. The zero-order valence-corrected chi connectivity index (χ0v) is 43.4. The standard InChI is InChI=1S/C29H33ClN4O2.C28H31ClN4O2/c1-28(2,3)21-12-14-29(15-13-21)18-34(26(29)35)17-19-10-11-23(30)22(16-19)25-31-24(32-27(33-25)36-4)20-8-6-5-7-9-20;1-27(2,3)20-11-13-28(14-12-20)17-33(25(28)34)16-18-9-10-22(29)21(15-18)24-30-23(31-26(35)32-24)19-7-5-4-6-8-19/h5-11,16,21H,12-15,17-18H2,1-4H3;4-10,15,20H,11-14,16-17H2,1-3H3,(H,30,31,32,35). The van der Waals surface area contributed by atoms with Crippen LogP contribution in [0.2, 0.25) is 10.0 Å². The van der Waals surface area contributed by atoms with Gasteiger partial charge in [0, 0.05) is 48.4 Å². The quantitative estimate of drug-likeness (QED) is 0.140. The molecule has 2 aliphatic heterocycles. The van der Waals surface area contributed by atoms with E-state index < -0.39 is 5.69 Å². The van der Waals surface area contributed by atoms with E-state index in [1.165, 1.54) is 7.11 Å². The molecule has 71 heavy (non-hydrogen) atoms. The third-order valence-corrected chi connectivity index (χ3v) is 16.3. The van der Waals surface area contributed by atoms with Crippen LogP contribution in [0, 0.1) is 33.5 Å². The molecule has 14 heteroatoms. The van der Waals surface area contributed by atoms with Gasteiger partial charge in [0.15, 0.2) is 17.5 Å². The molecule has 0 unspecified atom stereocenters. The zero-order valence-electron chi connectivity index (χ0n) is 41.9. The average Bonchev–Trinajstić information content (AvgIpc) is 3.37. The average molecular weight is 996 g/mol. The van der Waals surface area contributed by atoms with Crippen molar-refractivity contribution in [3.63, 3.8) is 0 Å². The van der Waals surface area contributed by atoms with E-state index in [-0.39, 0.29) is 22.7 Å². The molecule has 1 N–H and O–H groups in total. The molecule has 0 radical (unpaired) electrons. The number of benzene rings is 4. The Morgan fingerprint density at radius 1 is 0.577 bits per heavy atom. The summed E-state index contributed by atoms with van der Waals surface area (Å²) >= 11 is 13.1. The van der Waals surface area contributed by atoms with Gasteiger partial charge in [0.2, 0.25) is 11.8 Å². The van der Waals surface area contributed by atoms with Crippen LogP contribution in [0.4, 0.5) is 0 Å². The lowest BCUT2D eigenvalue weighted by Gasteiger charge is -2.53. The summed E-state index contributed by atoms with van der Waals surface area (Å²) in [6, 6.07) is 30.7. The number of carbonyl (C=O) groups excluding carboxylic acids is 2. The number of hydrogen-bond acceptors (Lipinski definition) is 9. The number of aromatic amines is 1. The second-order valence-corrected chi connectivity index (χ2v) is 23.1. The van der Waals surface area contributed by atoms with Crippen LogP contribution in [0.5, 0.6) is 6.01 Å². The van der Waals surface area contributed by atoms with Gasteiger partial charge in [-0.2, -0.15) is 15.0 Å². The zero-order chi connectivity index (χ0) is 50.3. The maximum absolute atomic E-state index is 13.3. The van der Waals surface area contributed by atoms with Crippen molar-refractivity contribution < 1.29 is 14.3 Å². The minimum absolute atomic E-state index is 0.150. The lowest BCUT2D eigenvalue weighted by atomic mass is 9.61. The van der Waals surface area contributed by atoms with E-state index >= 15 is 0 Å². The number of ether oxygens (including phenoxy) is 1. The van der Waals surface area contributed by atoms with Crippen LogP contribution in [0.15, 0.2) is 102 Å². The number of β-lactam (4-membered cyclic amide) rings is 2. The monoisotopic (exact) mass is 994 g/mol. The molecule has 0 atom stereocenters. The number of carbonyl (C=O) groups is 2. The molecule has 12 nitrogen and oxygen atoms in total. The summed E-state index contributed by atoms with van der Waals surface area (Å²) in [4.78, 5) is 67.5. The van der Waals surface area contributed by atoms with Crippen molar-refractivity contribution in [1.29, 1.82) is 0 Å². The van der Waals surface area contributed by atoms with Crippen LogP contribution in [-0.2, 0) is 22.7 Å². The molecule has 2 saturated heterocycles. The van der Waals surface area contributed by atoms with Crippen molar-refractivity contribution in [2.75, 3.05) is 20.2 Å². The summed E-state index contributed by atoms with van der Waals surface area (Å²) in [5, 5.41) is 1.02. The summed E-state index contributed by atoms with van der Waals surface area (Å²) in [5.74, 6) is 3.61. The molecule has 0 bridgehead atoms. The van der Waals surface area contributed by atoms with E-state index in [1.807, 2.05) is 101 Å². The van der Waals surface area contributed by atoms with Crippen molar-refractivity contribution in [2.45, 2.75) is 106 Å². The largest absolute Gasteiger partial charge is 0.467 e. The molecule has 2 aliphatic carbocycles. The van der Waals surface area contributed by atoms with Crippen molar-refractivity contribution in [3.8, 4) is 51.6 Å². The lowest BCUT2D eigenvalue weighted by Crippen LogP contribution is -2.62. The Bertz CT molecular complexity index is 2970. The molecule has 4 aliphatic rings. The number of halogens is 2. The maximum atomic E-state index is 13.3. The molecule has 2 aromatic heterocycles. The summed E-state index contributed by atoms with van der Waals surface area (Å²) in [6.45, 7) is 16.6. The lowest BCUT2D eigenvalue weighted by molar-refractivity contribution is -0.167. The Morgan fingerprint density at radius 3 is 1.46 bits per heavy atom. The number of rotatable bonds is 9. The van der Waals surface area contributed by atoms with E-state index in [9.17, 15) is 14.4 Å². The predicted octanol–water partition coefficient (Wildman–Crippen LogP) is 12.1. The van der Waals surface area contributed by atoms with Gasteiger partial charge in [0.05, 0.1) is 28.0 Å². The van der Waals surface area contributed by atoms with Crippen LogP contribution in [0.3, 0.4) is 0 Å². The molecule has 370 valence electrons. The topological polar surface area (TPSA) is 147 Å². The number of nitrogens with one attached hydrogen (secondary N) is 1. The van der Waals surface area contributed by atoms with Crippen LogP contribution >= 0.6 is 23.2 Å². The molecule has 6 aromatic rings. The van der Waals surface area contributed by atoms with Gasteiger partial charge >= 0.3 is 11.7 Å². The van der Waals surface area contributed by atoms with E-state index in [4.69, 9.17) is 27.9 Å². The van der Waals surface area contributed by atoms with Gasteiger partial charge < -0.3 is 14.5 Å². The maximum Gasteiger partial charge on any atom is 0.348 e. The molecule has 10 rings (SSSR count). The smallest absolute Gasteiger partial charge is 0.348 e. The molecular weight excluding hydrogens is 932 g/mol. The Labute approximate surface area is 427 Å². The fourth-order valence-electron chi connectivity index (χ4n) is 11.2. The molecule has 2 spiro atoms. The van der Waals surface area contributed by atoms with Gasteiger partial charge in [0.1, 0.15) is 5.82 Å². The summed E-state index contributed by atoms with van der Waals surface area (Å²) in [5.41, 5.74) is 4.70. The van der Waals surface area contributed by atoms with E-state index in [0.29, 0.717) is 86.1 Å². The first-order valence-electron chi connectivity index (χ1n) is 24.9. The van der Waals surface area contributed by atoms with Gasteiger partial charge in [-0.05, 0) is 109 Å². The third kappa shape index (κ3) is 10.7. The Morgan fingerprint density at radius 2 is 1.01 bits per heavy atom. The number of methoxy groups -OCH3 is 1. The highest BCUT2D eigenvalue weighted by atomic mass is 35.5. The van der Waals surface area contributed by atoms with Gasteiger partial charge in [0.25, 0.3) is 0 Å². The molecule has 4 fully saturated rings. The van der Waals surface area contributed by atoms with Crippen LogP contribution < -0.4 is 10.4 Å². The van der Waals surface area contributed by atoms with E-state index in [0.717, 1.165) is 86.7 Å². The minimum Gasteiger partial charge on any atom is -0.467 e.